The summed E-state index contributed by atoms with van der Waals surface area (Å²) in [5.41, 5.74) is 0.586. The number of hydrogen-bond acceptors (Lipinski definition) is 10. The van der Waals surface area contributed by atoms with E-state index in [1.54, 1.807) is 12.1 Å². The van der Waals surface area contributed by atoms with Crippen LogP contribution in [0.4, 0.5) is 0 Å². The fraction of sp³-hybridized carbons (Fsp3) is 0.333. The number of aliphatic hydroxyl groups is 2. The van der Waals surface area contributed by atoms with Gasteiger partial charge in [-0.05, 0) is 18.6 Å². The zero-order chi connectivity index (χ0) is 24.8. The Hall–Kier alpha value is -2.76. The molecule has 1 heterocycles. The number of carboxylic acid groups (broad SMARTS) is 1. The number of aliphatic carboxylic acids is 1. The monoisotopic (exact) mass is 496 g/mol. The van der Waals surface area contributed by atoms with E-state index in [1.165, 1.54) is 25.3 Å². The van der Waals surface area contributed by atoms with Crippen LogP contribution >= 0.6 is 0 Å². The Balaban J connectivity index is 0.00000432. The van der Waals surface area contributed by atoms with E-state index < -0.39 is 30.7 Å². The van der Waals surface area contributed by atoms with E-state index in [4.69, 9.17) is 23.7 Å². The van der Waals surface area contributed by atoms with Crippen LogP contribution in [0.25, 0.3) is 22.3 Å². The quantitative estimate of drug-likeness (QED) is 0.253. The first-order valence-corrected chi connectivity index (χ1v) is 10.5. The van der Waals surface area contributed by atoms with Crippen LogP contribution in [-0.4, -0.2) is 54.3 Å². The maximum Gasteiger partial charge on any atom is 1.00 e. The third-order valence-corrected chi connectivity index (χ3v) is 4.98. The summed E-state index contributed by atoms with van der Waals surface area (Å²) in [7, 11) is 1.42. The van der Waals surface area contributed by atoms with Crippen molar-refractivity contribution in [3.8, 4) is 34.3 Å². The van der Waals surface area contributed by atoms with E-state index in [-0.39, 0.29) is 70.1 Å². The standard InChI is InChI=1S/C24H26O10.Na/c1-3-4-16-15(5-6-19(31-2)24(16)33-12-22(29)30)20-9-18(28)23-17(27)7-14(8-21(23)34-20)32-11-13(26)10-25;/h5-9,13,25-27H,3-4,10-12H2,1-2H3,(H,29,30);/q;+1/p-1. The first-order chi connectivity index (χ1) is 16.3. The molecule has 0 aliphatic heterocycles. The second-order valence-corrected chi connectivity index (χ2v) is 7.47. The Morgan fingerprint density at radius 1 is 1.20 bits per heavy atom. The summed E-state index contributed by atoms with van der Waals surface area (Å²) in [6.07, 6.45) is 0.0157. The molecule has 0 aliphatic carbocycles. The number of aliphatic hydroxyl groups excluding tert-OH is 2. The Kier molecular flexibility index (Phi) is 10.4. The number of methoxy groups -OCH3 is 1. The molecule has 2 aromatic carbocycles. The number of aromatic hydroxyl groups is 1. The number of carbonyl (C=O) groups excluding carboxylic acids is 1. The molecule has 0 saturated carbocycles. The number of hydrogen-bond donors (Lipinski definition) is 3. The average Bonchev–Trinajstić information content (AvgIpc) is 2.80. The molecule has 35 heavy (non-hydrogen) atoms. The van der Waals surface area contributed by atoms with Crippen LogP contribution in [0, 0.1) is 0 Å². The summed E-state index contributed by atoms with van der Waals surface area (Å²) in [4.78, 5) is 23.8. The number of phenolic OH excluding ortho intramolecular Hbond substituents is 1. The number of carboxylic acids is 1. The van der Waals surface area contributed by atoms with E-state index in [1.807, 2.05) is 6.92 Å². The third kappa shape index (κ3) is 6.68. The van der Waals surface area contributed by atoms with Crippen molar-refractivity contribution in [2.24, 2.45) is 0 Å². The largest absolute Gasteiger partial charge is 1.00 e. The number of carbonyl (C=O) groups is 1. The van der Waals surface area contributed by atoms with Crippen LogP contribution in [0.5, 0.6) is 23.0 Å². The normalized spacial score (nSPS) is 11.5. The van der Waals surface area contributed by atoms with Gasteiger partial charge in [0.15, 0.2) is 16.9 Å². The Labute approximate surface area is 223 Å². The minimum absolute atomic E-state index is 0. The van der Waals surface area contributed by atoms with Gasteiger partial charge in [-0.3, -0.25) is 4.79 Å². The van der Waals surface area contributed by atoms with E-state index in [2.05, 4.69) is 0 Å². The molecule has 0 bridgehead atoms. The molecule has 0 aliphatic rings. The molecule has 0 saturated heterocycles. The summed E-state index contributed by atoms with van der Waals surface area (Å²) in [5, 5.41) is 39.7. The van der Waals surface area contributed by atoms with Gasteiger partial charge >= 0.3 is 29.6 Å². The maximum atomic E-state index is 12.8. The molecule has 10 nitrogen and oxygen atoms in total. The van der Waals surface area contributed by atoms with Crippen LogP contribution in [0.2, 0.25) is 0 Å². The van der Waals surface area contributed by atoms with E-state index in [0.29, 0.717) is 29.7 Å². The van der Waals surface area contributed by atoms with Gasteiger partial charge in [0.05, 0.1) is 19.7 Å². The molecule has 3 N–H and O–H groups in total. The van der Waals surface area contributed by atoms with Crippen molar-refractivity contribution in [2.45, 2.75) is 25.9 Å². The van der Waals surface area contributed by atoms with Crippen molar-refractivity contribution >= 4 is 16.9 Å². The molecule has 1 atom stereocenters. The SMILES string of the molecule is CCCc1c(-c2cc(=O)c3c(O)cc(OCC(O)CO)cc3o2)ccc(OC)c1OCC(=O)[O-].[Na+]. The second kappa shape index (κ2) is 12.8. The smallest absolute Gasteiger partial charge is 0.546 e. The summed E-state index contributed by atoms with van der Waals surface area (Å²) >= 11 is 0. The van der Waals surface area contributed by atoms with Crippen molar-refractivity contribution in [1.82, 2.24) is 0 Å². The van der Waals surface area contributed by atoms with Gasteiger partial charge in [-0.15, -0.1) is 0 Å². The number of rotatable bonds is 11. The first-order valence-electron chi connectivity index (χ1n) is 10.5. The first kappa shape index (κ1) is 28.5. The zero-order valence-electron chi connectivity index (χ0n) is 19.7. The number of benzene rings is 2. The molecule has 0 amide bonds. The molecule has 3 aromatic rings. The van der Waals surface area contributed by atoms with E-state index in [9.17, 15) is 24.9 Å². The van der Waals surface area contributed by atoms with Crippen LogP contribution in [0.1, 0.15) is 18.9 Å². The summed E-state index contributed by atoms with van der Waals surface area (Å²) in [6.45, 7) is 0.500. The van der Waals surface area contributed by atoms with E-state index >= 15 is 0 Å². The number of fused-ring (bicyclic) bond motifs is 1. The van der Waals surface area contributed by atoms with E-state index in [0.717, 1.165) is 0 Å². The predicted molar refractivity (Wildman–Crippen MR) is 119 cm³/mol. The Bertz CT molecular complexity index is 1240. The van der Waals surface area contributed by atoms with Crippen molar-refractivity contribution in [3.63, 3.8) is 0 Å². The second-order valence-electron chi connectivity index (χ2n) is 7.47. The Morgan fingerprint density at radius 3 is 2.57 bits per heavy atom. The molecule has 0 radical (unpaired) electrons. The van der Waals surface area contributed by atoms with Crippen molar-refractivity contribution in [2.75, 3.05) is 26.9 Å². The minimum atomic E-state index is -1.40. The predicted octanol–water partition coefficient (Wildman–Crippen LogP) is -2.01. The average molecular weight is 496 g/mol. The van der Waals surface area contributed by atoms with Gasteiger partial charge in [0.1, 0.15) is 47.5 Å². The van der Waals surface area contributed by atoms with Gasteiger partial charge in [-0.25, -0.2) is 0 Å². The molecule has 3 rings (SSSR count). The fourth-order valence-electron chi connectivity index (χ4n) is 3.49. The zero-order valence-corrected chi connectivity index (χ0v) is 21.7. The maximum absolute atomic E-state index is 12.8. The minimum Gasteiger partial charge on any atom is -0.546 e. The molecule has 0 fully saturated rings. The van der Waals surface area contributed by atoms with Crippen molar-refractivity contribution in [3.05, 3.63) is 46.1 Å². The van der Waals surface area contributed by atoms with Crippen LogP contribution in [-0.2, 0) is 11.2 Å². The van der Waals surface area contributed by atoms with Crippen LogP contribution in [0.3, 0.4) is 0 Å². The van der Waals surface area contributed by atoms with Crippen molar-refractivity contribution in [1.29, 1.82) is 0 Å². The molecule has 1 unspecified atom stereocenters. The summed E-state index contributed by atoms with van der Waals surface area (Å²) in [5.74, 6) is -0.971. The Morgan fingerprint density at radius 2 is 1.94 bits per heavy atom. The molecular formula is C24H25NaO10. The topological polar surface area (TPSA) is 159 Å². The molecule has 182 valence electrons. The molecule has 1 aromatic heterocycles. The van der Waals surface area contributed by atoms with Gasteiger partial charge in [-0.2, -0.15) is 0 Å². The number of phenols is 1. The van der Waals surface area contributed by atoms with Crippen molar-refractivity contribution < 1.29 is 73.4 Å². The number of ether oxygens (including phenoxy) is 3. The summed E-state index contributed by atoms with van der Waals surface area (Å²) < 4.78 is 22.1. The molecule has 11 heteroatoms. The van der Waals surface area contributed by atoms with Gasteiger partial charge in [0, 0.05) is 29.3 Å². The third-order valence-electron chi connectivity index (χ3n) is 4.98. The van der Waals surface area contributed by atoms with Gasteiger partial charge in [0.25, 0.3) is 0 Å². The molecular weight excluding hydrogens is 471 g/mol. The van der Waals surface area contributed by atoms with Crippen LogP contribution in [0.15, 0.2) is 39.5 Å². The van der Waals surface area contributed by atoms with Gasteiger partial charge in [-0.1, -0.05) is 13.3 Å². The van der Waals surface area contributed by atoms with Gasteiger partial charge in [0.2, 0.25) is 0 Å². The molecule has 0 spiro atoms. The van der Waals surface area contributed by atoms with Crippen LogP contribution < -0.4 is 54.3 Å². The van der Waals surface area contributed by atoms with Gasteiger partial charge < -0.3 is 43.8 Å². The fourth-order valence-corrected chi connectivity index (χ4v) is 3.49. The summed E-state index contributed by atoms with van der Waals surface area (Å²) in [6, 6.07) is 7.06.